The Hall–Kier alpha value is -1.02. The van der Waals surface area contributed by atoms with Gasteiger partial charge in [0.05, 0.1) is 7.11 Å². The number of methoxy groups -OCH3 is 1. The molecule has 1 fully saturated rings. The Balaban J connectivity index is 2.31. The molecule has 0 atom stereocenters. The minimum absolute atomic E-state index is 0.231. The average Bonchev–Trinajstić information content (AvgIpc) is 2.36. The van der Waals surface area contributed by atoms with Crippen LogP contribution in [0.25, 0.3) is 0 Å². The van der Waals surface area contributed by atoms with E-state index in [9.17, 15) is 0 Å². The van der Waals surface area contributed by atoms with Crippen LogP contribution in [0.2, 0.25) is 0 Å². The molecule has 0 bridgehead atoms. The van der Waals surface area contributed by atoms with E-state index in [0.717, 1.165) is 24.5 Å². The van der Waals surface area contributed by atoms with Gasteiger partial charge in [0.15, 0.2) is 0 Å². The number of nitrogens with two attached hydrogens (primary N) is 1. The van der Waals surface area contributed by atoms with Crippen molar-refractivity contribution < 1.29 is 4.74 Å². The molecule has 21 heavy (non-hydrogen) atoms. The molecular formula is C19H31NO. The molecule has 118 valence electrons. The van der Waals surface area contributed by atoms with Gasteiger partial charge >= 0.3 is 0 Å². The highest BCUT2D eigenvalue weighted by atomic mass is 16.5. The maximum absolute atomic E-state index is 6.83. The molecule has 0 aliphatic heterocycles. The van der Waals surface area contributed by atoms with Gasteiger partial charge in [-0.15, -0.1) is 0 Å². The first-order chi connectivity index (χ1) is 9.67. The number of hydrogen-bond acceptors (Lipinski definition) is 2. The predicted molar refractivity (Wildman–Crippen MR) is 89.7 cm³/mol. The minimum Gasteiger partial charge on any atom is -0.496 e. The molecule has 2 nitrogen and oxygen atoms in total. The van der Waals surface area contributed by atoms with E-state index < -0.39 is 0 Å². The summed E-state index contributed by atoms with van der Waals surface area (Å²) >= 11 is 0. The van der Waals surface area contributed by atoms with Gasteiger partial charge in [-0.1, -0.05) is 26.8 Å². The third kappa shape index (κ3) is 3.26. The van der Waals surface area contributed by atoms with E-state index in [1.807, 2.05) is 0 Å². The lowest BCUT2D eigenvalue weighted by Crippen LogP contribution is -2.43. The first-order valence-corrected chi connectivity index (χ1v) is 8.12. The Morgan fingerprint density at radius 2 is 1.71 bits per heavy atom. The van der Waals surface area contributed by atoms with Gasteiger partial charge < -0.3 is 10.5 Å². The van der Waals surface area contributed by atoms with Crippen LogP contribution in [0, 0.1) is 25.2 Å². The smallest absolute Gasteiger partial charge is 0.124 e. The summed E-state index contributed by atoms with van der Waals surface area (Å²) in [5.74, 6) is 1.73. The number of ether oxygens (including phenoxy) is 1. The third-order valence-corrected chi connectivity index (χ3v) is 5.26. The van der Waals surface area contributed by atoms with Crippen molar-refractivity contribution in [3.05, 3.63) is 28.8 Å². The molecule has 0 aromatic heterocycles. The fourth-order valence-corrected chi connectivity index (χ4v) is 3.98. The molecule has 2 rings (SSSR count). The van der Waals surface area contributed by atoms with Crippen LogP contribution in [0.3, 0.4) is 0 Å². The lowest BCUT2D eigenvalue weighted by Gasteiger charge is -2.43. The van der Waals surface area contributed by atoms with Crippen LogP contribution in [0.15, 0.2) is 12.1 Å². The van der Waals surface area contributed by atoms with E-state index in [4.69, 9.17) is 10.5 Å². The molecule has 1 aliphatic rings. The summed E-state index contributed by atoms with van der Waals surface area (Å²) < 4.78 is 5.64. The SMILES string of the molecule is COc1cc(C)cc(C)c1C1(N)CCC(C(C)(C)C)CC1. The van der Waals surface area contributed by atoms with Crippen LogP contribution in [0.1, 0.15) is 63.1 Å². The van der Waals surface area contributed by atoms with E-state index in [1.54, 1.807) is 7.11 Å². The lowest BCUT2D eigenvalue weighted by molar-refractivity contribution is 0.132. The van der Waals surface area contributed by atoms with E-state index in [0.29, 0.717) is 5.41 Å². The first kappa shape index (κ1) is 16.4. The summed E-state index contributed by atoms with van der Waals surface area (Å²) in [5.41, 5.74) is 10.7. The van der Waals surface area contributed by atoms with Crippen LogP contribution in [-0.4, -0.2) is 7.11 Å². The predicted octanol–water partition coefficient (Wildman–Crippen LogP) is 4.70. The Bertz CT molecular complexity index is 505. The maximum atomic E-state index is 6.83. The second-order valence-corrected chi connectivity index (χ2v) is 7.96. The van der Waals surface area contributed by atoms with Gasteiger partial charge in [-0.05, 0) is 68.1 Å². The molecular weight excluding hydrogens is 258 g/mol. The third-order valence-electron chi connectivity index (χ3n) is 5.26. The summed E-state index contributed by atoms with van der Waals surface area (Å²) in [7, 11) is 1.75. The average molecular weight is 289 g/mol. The van der Waals surface area contributed by atoms with Crippen LogP contribution < -0.4 is 10.5 Å². The summed E-state index contributed by atoms with van der Waals surface area (Å²) in [6.45, 7) is 11.3. The van der Waals surface area contributed by atoms with Crippen LogP contribution in [-0.2, 0) is 5.54 Å². The Morgan fingerprint density at radius 3 is 2.19 bits per heavy atom. The highest BCUT2D eigenvalue weighted by molar-refractivity contribution is 5.47. The van der Waals surface area contributed by atoms with Crippen LogP contribution in [0.4, 0.5) is 0 Å². The number of rotatable bonds is 2. The number of aryl methyl sites for hydroxylation is 2. The maximum Gasteiger partial charge on any atom is 0.124 e. The summed E-state index contributed by atoms with van der Waals surface area (Å²) in [6.07, 6.45) is 4.51. The molecule has 0 unspecified atom stereocenters. The van der Waals surface area contributed by atoms with Crippen molar-refractivity contribution in [3.63, 3.8) is 0 Å². The fraction of sp³-hybridized carbons (Fsp3) is 0.684. The minimum atomic E-state index is -0.231. The normalized spacial score (nSPS) is 26.7. The lowest BCUT2D eigenvalue weighted by atomic mass is 9.65. The zero-order chi connectivity index (χ0) is 15.8. The molecule has 0 radical (unpaired) electrons. The van der Waals surface area contributed by atoms with Crippen molar-refractivity contribution in [1.82, 2.24) is 0 Å². The Kier molecular flexibility index (Phi) is 4.39. The highest BCUT2D eigenvalue weighted by Gasteiger charge is 2.39. The van der Waals surface area contributed by atoms with Gasteiger partial charge in [-0.25, -0.2) is 0 Å². The van der Waals surface area contributed by atoms with Gasteiger partial charge in [0.25, 0.3) is 0 Å². The topological polar surface area (TPSA) is 35.2 Å². The van der Waals surface area contributed by atoms with Gasteiger partial charge in [-0.3, -0.25) is 0 Å². The number of benzene rings is 1. The summed E-state index contributed by atoms with van der Waals surface area (Å²) in [6, 6.07) is 4.34. The standard InChI is InChI=1S/C19H31NO/c1-13-11-14(2)17(16(12-13)21-6)19(20)9-7-15(8-10-19)18(3,4)5/h11-12,15H,7-10,20H2,1-6H3. The molecule has 1 aromatic carbocycles. The van der Waals surface area contributed by atoms with E-state index in [2.05, 4.69) is 46.8 Å². The molecule has 1 saturated carbocycles. The van der Waals surface area contributed by atoms with E-state index in [1.165, 1.54) is 29.5 Å². The second-order valence-electron chi connectivity index (χ2n) is 7.96. The second kappa shape index (κ2) is 5.64. The molecule has 2 heteroatoms. The summed E-state index contributed by atoms with van der Waals surface area (Å²) in [4.78, 5) is 0. The van der Waals surface area contributed by atoms with E-state index in [-0.39, 0.29) is 5.54 Å². The van der Waals surface area contributed by atoms with Gasteiger partial charge in [0.1, 0.15) is 5.75 Å². The molecule has 1 aliphatic carbocycles. The highest BCUT2D eigenvalue weighted by Crippen LogP contribution is 2.47. The van der Waals surface area contributed by atoms with E-state index >= 15 is 0 Å². The van der Waals surface area contributed by atoms with Crippen LogP contribution in [0.5, 0.6) is 5.75 Å². The van der Waals surface area contributed by atoms with Crippen molar-refractivity contribution in [2.75, 3.05) is 7.11 Å². The Labute approximate surface area is 130 Å². The molecule has 0 heterocycles. The van der Waals surface area contributed by atoms with Crippen molar-refractivity contribution in [2.45, 2.75) is 65.8 Å². The van der Waals surface area contributed by atoms with Crippen LogP contribution >= 0.6 is 0 Å². The molecule has 0 saturated heterocycles. The quantitative estimate of drug-likeness (QED) is 0.856. The first-order valence-electron chi connectivity index (χ1n) is 8.12. The largest absolute Gasteiger partial charge is 0.496 e. The monoisotopic (exact) mass is 289 g/mol. The van der Waals surface area contributed by atoms with Crippen molar-refractivity contribution in [2.24, 2.45) is 17.1 Å². The number of hydrogen-bond donors (Lipinski definition) is 1. The van der Waals surface area contributed by atoms with Crippen molar-refractivity contribution in [1.29, 1.82) is 0 Å². The Morgan fingerprint density at radius 1 is 1.14 bits per heavy atom. The van der Waals surface area contributed by atoms with Crippen molar-refractivity contribution >= 4 is 0 Å². The molecule has 0 spiro atoms. The molecule has 1 aromatic rings. The summed E-state index contributed by atoms with van der Waals surface area (Å²) in [5, 5.41) is 0. The zero-order valence-corrected chi connectivity index (χ0v) is 14.5. The van der Waals surface area contributed by atoms with Gasteiger partial charge in [0, 0.05) is 11.1 Å². The fourth-order valence-electron chi connectivity index (χ4n) is 3.98. The van der Waals surface area contributed by atoms with Crippen molar-refractivity contribution in [3.8, 4) is 5.75 Å². The molecule has 0 amide bonds. The zero-order valence-electron chi connectivity index (χ0n) is 14.5. The van der Waals surface area contributed by atoms with Gasteiger partial charge in [0.2, 0.25) is 0 Å². The van der Waals surface area contributed by atoms with Gasteiger partial charge in [-0.2, -0.15) is 0 Å². The molecule has 2 N–H and O–H groups in total.